The van der Waals surface area contributed by atoms with Gasteiger partial charge in [-0.2, -0.15) is 5.10 Å². The zero-order valence-electron chi connectivity index (χ0n) is 9.23. The molecule has 5 nitrogen and oxygen atoms in total. The van der Waals surface area contributed by atoms with Crippen molar-refractivity contribution >= 4 is 5.91 Å². The smallest absolute Gasteiger partial charge is 0.274 e. The molecule has 1 fully saturated rings. The second-order valence-electron chi connectivity index (χ2n) is 3.86. The average molecular weight is 209 g/mol. The summed E-state index contributed by atoms with van der Waals surface area (Å²) < 4.78 is 6.82. The highest BCUT2D eigenvalue weighted by atomic mass is 16.5. The fourth-order valence-electron chi connectivity index (χ4n) is 1.58. The van der Waals surface area contributed by atoms with Gasteiger partial charge in [0.05, 0.1) is 6.10 Å². The normalized spacial score (nSPS) is 16.6. The van der Waals surface area contributed by atoms with E-state index in [1.54, 1.807) is 16.7 Å². The van der Waals surface area contributed by atoms with Crippen LogP contribution in [-0.4, -0.2) is 46.9 Å². The van der Waals surface area contributed by atoms with Crippen LogP contribution in [0.1, 0.15) is 16.2 Å². The van der Waals surface area contributed by atoms with E-state index in [0.29, 0.717) is 18.8 Å². The van der Waals surface area contributed by atoms with Gasteiger partial charge >= 0.3 is 0 Å². The lowest BCUT2D eigenvalue weighted by Gasteiger charge is -2.37. The summed E-state index contributed by atoms with van der Waals surface area (Å²) >= 11 is 0. The first-order chi connectivity index (χ1) is 7.11. The molecule has 1 aliphatic rings. The average Bonchev–Trinajstić information content (AvgIpc) is 2.45. The molecule has 2 rings (SSSR count). The SMILES string of the molecule is COC1CN(C(=O)c2cc(C)n(C)n2)C1. The van der Waals surface area contributed by atoms with Crippen LogP contribution in [0.25, 0.3) is 0 Å². The second kappa shape index (κ2) is 3.66. The van der Waals surface area contributed by atoms with Gasteiger partial charge in [-0.1, -0.05) is 0 Å². The molecule has 1 aliphatic heterocycles. The molecule has 1 aromatic rings. The third-order valence-corrected chi connectivity index (χ3v) is 2.80. The van der Waals surface area contributed by atoms with E-state index in [-0.39, 0.29) is 12.0 Å². The molecule has 1 aromatic heterocycles. The van der Waals surface area contributed by atoms with Crippen LogP contribution in [0, 0.1) is 6.92 Å². The minimum Gasteiger partial charge on any atom is -0.378 e. The van der Waals surface area contributed by atoms with Gasteiger partial charge in [0, 0.05) is 32.9 Å². The maximum atomic E-state index is 11.8. The number of nitrogens with zero attached hydrogens (tertiary/aromatic N) is 3. The number of amides is 1. The molecule has 0 atom stereocenters. The van der Waals surface area contributed by atoms with Crippen LogP contribution < -0.4 is 0 Å². The topological polar surface area (TPSA) is 47.4 Å². The molecule has 0 aromatic carbocycles. The lowest BCUT2D eigenvalue weighted by Crippen LogP contribution is -2.54. The number of aromatic nitrogens is 2. The molecule has 82 valence electrons. The molecule has 0 aliphatic carbocycles. The molecule has 0 N–H and O–H groups in total. The second-order valence-corrected chi connectivity index (χ2v) is 3.86. The van der Waals surface area contributed by atoms with Crippen LogP contribution in [0.3, 0.4) is 0 Å². The van der Waals surface area contributed by atoms with Crippen molar-refractivity contribution < 1.29 is 9.53 Å². The van der Waals surface area contributed by atoms with Gasteiger partial charge in [0.2, 0.25) is 0 Å². The molecular formula is C10H15N3O2. The summed E-state index contributed by atoms with van der Waals surface area (Å²) in [6.45, 7) is 3.27. The summed E-state index contributed by atoms with van der Waals surface area (Å²) in [5, 5.41) is 4.15. The monoisotopic (exact) mass is 209 g/mol. The first kappa shape index (κ1) is 10.2. The van der Waals surface area contributed by atoms with Crippen molar-refractivity contribution in [1.82, 2.24) is 14.7 Å². The van der Waals surface area contributed by atoms with Gasteiger partial charge in [0.25, 0.3) is 5.91 Å². The molecule has 0 spiro atoms. The zero-order chi connectivity index (χ0) is 11.0. The molecule has 2 heterocycles. The number of carbonyl (C=O) groups excluding carboxylic acids is 1. The van der Waals surface area contributed by atoms with Crippen LogP contribution in [-0.2, 0) is 11.8 Å². The standard InChI is InChI=1S/C10H15N3O2/c1-7-4-9(11-12(7)2)10(14)13-5-8(6-13)15-3/h4,8H,5-6H2,1-3H3. The van der Waals surface area contributed by atoms with Crippen molar-refractivity contribution in [3.8, 4) is 0 Å². The summed E-state index contributed by atoms with van der Waals surface area (Å²) in [6.07, 6.45) is 0.193. The van der Waals surface area contributed by atoms with E-state index in [1.165, 1.54) is 0 Å². The number of methoxy groups -OCH3 is 1. The van der Waals surface area contributed by atoms with Crippen LogP contribution in [0.15, 0.2) is 6.07 Å². The highest BCUT2D eigenvalue weighted by molar-refractivity contribution is 5.93. The lowest BCUT2D eigenvalue weighted by molar-refractivity contribution is -0.0195. The molecule has 5 heteroatoms. The van der Waals surface area contributed by atoms with Gasteiger partial charge in [-0.15, -0.1) is 0 Å². The highest BCUT2D eigenvalue weighted by Gasteiger charge is 2.32. The zero-order valence-corrected chi connectivity index (χ0v) is 9.23. The summed E-state index contributed by atoms with van der Waals surface area (Å²) in [4.78, 5) is 13.6. The maximum absolute atomic E-state index is 11.8. The molecule has 0 bridgehead atoms. The third-order valence-electron chi connectivity index (χ3n) is 2.80. The molecule has 15 heavy (non-hydrogen) atoms. The number of hydrogen-bond acceptors (Lipinski definition) is 3. The Hall–Kier alpha value is -1.36. The van der Waals surface area contributed by atoms with E-state index in [4.69, 9.17) is 4.74 Å². The number of aryl methyl sites for hydroxylation is 2. The van der Waals surface area contributed by atoms with Gasteiger partial charge in [-0.25, -0.2) is 0 Å². The van der Waals surface area contributed by atoms with Crippen molar-refractivity contribution in [2.24, 2.45) is 7.05 Å². The van der Waals surface area contributed by atoms with Crippen molar-refractivity contribution in [2.45, 2.75) is 13.0 Å². The fourth-order valence-corrected chi connectivity index (χ4v) is 1.58. The van der Waals surface area contributed by atoms with Crippen LogP contribution in [0.4, 0.5) is 0 Å². The summed E-state index contributed by atoms with van der Waals surface area (Å²) in [6, 6.07) is 1.81. The van der Waals surface area contributed by atoms with Crippen molar-refractivity contribution in [2.75, 3.05) is 20.2 Å². The van der Waals surface area contributed by atoms with Gasteiger partial charge in [0.1, 0.15) is 0 Å². The molecule has 1 amide bonds. The third kappa shape index (κ3) is 1.74. The van der Waals surface area contributed by atoms with E-state index >= 15 is 0 Å². The molecule has 1 saturated heterocycles. The fraction of sp³-hybridized carbons (Fsp3) is 0.600. The molecule has 0 saturated carbocycles. The Morgan fingerprint density at radius 3 is 2.73 bits per heavy atom. The van der Waals surface area contributed by atoms with E-state index in [0.717, 1.165) is 5.69 Å². The quantitative estimate of drug-likeness (QED) is 0.699. The van der Waals surface area contributed by atoms with E-state index < -0.39 is 0 Å². The van der Waals surface area contributed by atoms with Crippen LogP contribution in [0.2, 0.25) is 0 Å². The summed E-state index contributed by atoms with van der Waals surface area (Å²) in [5.74, 6) is -0.00741. The Labute approximate surface area is 88.6 Å². The summed E-state index contributed by atoms with van der Waals surface area (Å²) in [5.41, 5.74) is 1.51. The first-order valence-electron chi connectivity index (χ1n) is 4.94. The van der Waals surface area contributed by atoms with Crippen molar-refractivity contribution in [3.63, 3.8) is 0 Å². The maximum Gasteiger partial charge on any atom is 0.274 e. The number of ether oxygens (including phenoxy) is 1. The van der Waals surface area contributed by atoms with Crippen molar-refractivity contribution in [3.05, 3.63) is 17.5 Å². The highest BCUT2D eigenvalue weighted by Crippen LogP contribution is 2.14. The largest absolute Gasteiger partial charge is 0.378 e. The minimum atomic E-state index is -0.00741. The van der Waals surface area contributed by atoms with E-state index in [1.807, 2.05) is 20.0 Å². The molecule has 0 unspecified atom stereocenters. The Balaban J connectivity index is 2.03. The number of rotatable bonds is 2. The number of carbonyl (C=O) groups is 1. The van der Waals surface area contributed by atoms with Gasteiger partial charge in [-0.3, -0.25) is 9.48 Å². The first-order valence-corrected chi connectivity index (χ1v) is 4.94. The van der Waals surface area contributed by atoms with E-state index in [9.17, 15) is 4.79 Å². The summed E-state index contributed by atoms with van der Waals surface area (Å²) in [7, 11) is 3.50. The molecular weight excluding hydrogens is 194 g/mol. The number of hydrogen-bond donors (Lipinski definition) is 0. The van der Waals surface area contributed by atoms with Crippen LogP contribution >= 0.6 is 0 Å². The van der Waals surface area contributed by atoms with Crippen LogP contribution in [0.5, 0.6) is 0 Å². The predicted octanol–water partition coefficient (Wildman–Crippen LogP) is 0.199. The van der Waals surface area contributed by atoms with Gasteiger partial charge in [0.15, 0.2) is 5.69 Å². The Morgan fingerprint density at radius 1 is 1.60 bits per heavy atom. The van der Waals surface area contributed by atoms with Gasteiger partial charge < -0.3 is 9.64 Å². The van der Waals surface area contributed by atoms with Gasteiger partial charge in [-0.05, 0) is 13.0 Å². The molecule has 0 radical (unpaired) electrons. The lowest BCUT2D eigenvalue weighted by atomic mass is 10.1. The Bertz CT molecular complexity index is 361. The number of likely N-dealkylation sites (tertiary alicyclic amines) is 1. The van der Waals surface area contributed by atoms with E-state index in [2.05, 4.69) is 5.10 Å². The minimum absolute atomic E-state index is 0.00741. The Morgan fingerprint density at radius 2 is 2.27 bits per heavy atom. The predicted molar refractivity (Wildman–Crippen MR) is 54.6 cm³/mol. The Kier molecular flexibility index (Phi) is 2.48. The van der Waals surface area contributed by atoms with Crippen molar-refractivity contribution in [1.29, 1.82) is 0 Å².